The van der Waals surface area contributed by atoms with Gasteiger partial charge in [0.2, 0.25) is 0 Å². The minimum absolute atomic E-state index is 0.00174. The Hall–Kier alpha value is -0.200. The second kappa shape index (κ2) is 7.20. The van der Waals surface area contributed by atoms with Crippen LogP contribution >= 0.6 is 0 Å². The van der Waals surface area contributed by atoms with Gasteiger partial charge in [0.1, 0.15) is 0 Å². The lowest BCUT2D eigenvalue weighted by Gasteiger charge is -2.50. The fourth-order valence-corrected chi connectivity index (χ4v) is 4.39. The summed E-state index contributed by atoms with van der Waals surface area (Å²) in [7, 11) is 0. The molecule has 3 N–H and O–H groups in total. The molecule has 0 aromatic carbocycles. The Kier molecular flexibility index (Phi) is 6.55. The largest absolute Gasteiger partial charge is 0.393 e. The third-order valence-electron chi connectivity index (χ3n) is 5.97. The first-order valence-corrected chi connectivity index (χ1v) is 9.34. The summed E-state index contributed by atoms with van der Waals surface area (Å²) in [6.45, 7) is 16.3. The smallest absolute Gasteiger partial charge is 0.0576 e. The van der Waals surface area contributed by atoms with Crippen molar-refractivity contribution in [3.8, 4) is 0 Å². The van der Waals surface area contributed by atoms with E-state index in [0.717, 1.165) is 19.3 Å². The molecule has 0 spiro atoms. The van der Waals surface area contributed by atoms with Gasteiger partial charge in [0, 0.05) is 22.2 Å². The molecule has 0 aromatic rings. The molecule has 2 aliphatic heterocycles. The molecular formula is C19H40N2O3. The fraction of sp³-hybridized carbons (Fsp3) is 1.00. The predicted octanol–water partition coefficient (Wildman–Crippen LogP) is 4.20. The lowest BCUT2D eigenvalue weighted by Crippen LogP contribution is -2.60. The van der Waals surface area contributed by atoms with Crippen LogP contribution in [0.1, 0.15) is 93.9 Å². The summed E-state index contributed by atoms with van der Waals surface area (Å²) in [5.41, 5.74) is -0.674. The normalized spacial score (nSPS) is 33.6. The van der Waals surface area contributed by atoms with Crippen LogP contribution in [0, 0.1) is 0 Å². The van der Waals surface area contributed by atoms with Gasteiger partial charge in [0.05, 0.1) is 6.10 Å². The summed E-state index contributed by atoms with van der Waals surface area (Å²) in [4.78, 5) is 0. The SMILES string of the molecule is CC1(C)CC(O)CC(C)(C)N1O.CCC1(C)CCCC(C)(C)N1O. The van der Waals surface area contributed by atoms with Crippen LogP contribution in [-0.4, -0.2) is 53.9 Å². The van der Waals surface area contributed by atoms with E-state index in [2.05, 4.69) is 27.7 Å². The van der Waals surface area contributed by atoms with Crippen LogP contribution in [-0.2, 0) is 0 Å². The number of aliphatic hydroxyl groups excluding tert-OH is 1. The molecule has 5 heteroatoms. The summed E-state index contributed by atoms with van der Waals surface area (Å²) in [5, 5.41) is 32.3. The van der Waals surface area contributed by atoms with E-state index < -0.39 is 0 Å². The standard InChI is InChI=1S/C10H21NO.C9H19NO2/c1-5-10(4)8-6-7-9(2,3)11(10)12;1-8(2)5-7(11)6-9(3,4)10(8)12/h12H,5-8H2,1-4H3;7,11-12H,5-6H2,1-4H3. The van der Waals surface area contributed by atoms with Crippen LogP contribution in [0.5, 0.6) is 0 Å². The maximum atomic E-state index is 9.99. The Labute approximate surface area is 148 Å². The van der Waals surface area contributed by atoms with Crippen molar-refractivity contribution in [2.24, 2.45) is 0 Å². The molecule has 5 nitrogen and oxygen atoms in total. The van der Waals surface area contributed by atoms with Crippen molar-refractivity contribution in [3.63, 3.8) is 0 Å². The Bertz CT molecular complexity index is 405. The number of hydrogen-bond donors (Lipinski definition) is 3. The summed E-state index contributed by atoms with van der Waals surface area (Å²) < 4.78 is 0. The van der Waals surface area contributed by atoms with E-state index in [1.54, 1.807) is 5.06 Å². The van der Waals surface area contributed by atoms with E-state index in [1.807, 2.05) is 27.7 Å². The van der Waals surface area contributed by atoms with Crippen LogP contribution in [0.25, 0.3) is 0 Å². The molecule has 0 amide bonds. The Morgan fingerprint density at radius 2 is 1.25 bits per heavy atom. The molecule has 1 unspecified atom stereocenters. The van der Waals surface area contributed by atoms with Gasteiger partial charge in [0.15, 0.2) is 0 Å². The van der Waals surface area contributed by atoms with E-state index in [-0.39, 0.29) is 28.3 Å². The molecule has 1 atom stereocenters. The lowest BCUT2D eigenvalue weighted by molar-refractivity contribution is -0.257. The second-order valence-corrected chi connectivity index (χ2v) is 9.83. The van der Waals surface area contributed by atoms with Crippen molar-refractivity contribution in [2.75, 3.05) is 0 Å². The second-order valence-electron chi connectivity index (χ2n) is 9.83. The lowest BCUT2D eigenvalue weighted by atomic mass is 9.80. The maximum absolute atomic E-state index is 9.99. The zero-order valence-electron chi connectivity index (χ0n) is 17.1. The molecule has 0 aromatic heterocycles. The summed E-state index contributed by atoms with van der Waals surface area (Å²) in [6, 6.07) is 0. The zero-order chi connectivity index (χ0) is 19.0. The molecule has 2 rings (SSSR count). The van der Waals surface area contributed by atoms with Gasteiger partial charge < -0.3 is 15.5 Å². The van der Waals surface area contributed by atoms with Crippen molar-refractivity contribution in [2.45, 2.75) is 122 Å². The van der Waals surface area contributed by atoms with Gasteiger partial charge in [-0.25, -0.2) is 0 Å². The molecule has 0 saturated carbocycles. The molecule has 144 valence electrons. The van der Waals surface area contributed by atoms with E-state index in [4.69, 9.17) is 0 Å². The highest BCUT2D eigenvalue weighted by Gasteiger charge is 2.44. The van der Waals surface area contributed by atoms with Gasteiger partial charge in [-0.15, -0.1) is 0 Å². The van der Waals surface area contributed by atoms with Crippen LogP contribution in [0.2, 0.25) is 0 Å². The molecule has 2 fully saturated rings. The average Bonchev–Trinajstić information content (AvgIpc) is 2.42. The molecule has 2 saturated heterocycles. The molecule has 24 heavy (non-hydrogen) atoms. The fourth-order valence-electron chi connectivity index (χ4n) is 4.39. The quantitative estimate of drug-likeness (QED) is 0.665. The molecule has 0 radical (unpaired) electrons. The Morgan fingerprint density at radius 1 is 0.792 bits per heavy atom. The van der Waals surface area contributed by atoms with Gasteiger partial charge in [0.25, 0.3) is 0 Å². The highest BCUT2D eigenvalue weighted by Crippen LogP contribution is 2.38. The van der Waals surface area contributed by atoms with Crippen molar-refractivity contribution in [1.29, 1.82) is 0 Å². The highest BCUT2D eigenvalue weighted by molar-refractivity contribution is 4.96. The van der Waals surface area contributed by atoms with E-state index >= 15 is 0 Å². The minimum Gasteiger partial charge on any atom is -0.393 e. The van der Waals surface area contributed by atoms with Gasteiger partial charge in [-0.2, -0.15) is 10.1 Å². The first-order chi connectivity index (χ1) is 10.7. The summed E-state index contributed by atoms with van der Waals surface area (Å²) in [6.07, 6.45) is 5.43. The van der Waals surface area contributed by atoms with Crippen molar-refractivity contribution in [3.05, 3.63) is 0 Å². The number of piperidine rings is 2. The van der Waals surface area contributed by atoms with Crippen molar-refractivity contribution < 1.29 is 15.5 Å². The van der Waals surface area contributed by atoms with Gasteiger partial charge in [-0.05, 0) is 87.0 Å². The summed E-state index contributed by atoms with van der Waals surface area (Å²) in [5.74, 6) is 0. The monoisotopic (exact) mass is 344 g/mol. The number of hydroxylamine groups is 4. The maximum Gasteiger partial charge on any atom is 0.0576 e. The van der Waals surface area contributed by atoms with Crippen LogP contribution < -0.4 is 0 Å². The van der Waals surface area contributed by atoms with Crippen LogP contribution in [0.3, 0.4) is 0 Å². The van der Waals surface area contributed by atoms with Crippen LogP contribution in [0.15, 0.2) is 0 Å². The van der Waals surface area contributed by atoms with E-state index in [1.165, 1.54) is 11.5 Å². The average molecular weight is 345 g/mol. The molecule has 2 aliphatic rings. The van der Waals surface area contributed by atoms with Gasteiger partial charge >= 0.3 is 0 Å². The first kappa shape index (κ1) is 21.8. The molecular weight excluding hydrogens is 304 g/mol. The molecule has 0 bridgehead atoms. The Morgan fingerprint density at radius 3 is 1.62 bits per heavy atom. The molecule has 0 aliphatic carbocycles. The number of hydrogen-bond acceptors (Lipinski definition) is 5. The van der Waals surface area contributed by atoms with Crippen LogP contribution in [0.4, 0.5) is 0 Å². The molecule has 2 heterocycles. The van der Waals surface area contributed by atoms with E-state index in [0.29, 0.717) is 12.8 Å². The predicted molar refractivity (Wildman–Crippen MR) is 97.3 cm³/mol. The minimum atomic E-state index is -0.318. The van der Waals surface area contributed by atoms with Gasteiger partial charge in [-0.1, -0.05) is 6.92 Å². The zero-order valence-corrected chi connectivity index (χ0v) is 17.1. The topological polar surface area (TPSA) is 67.2 Å². The van der Waals surface area contributed by atoms with Crippen molar-refractivity contribution in [1.82, 2.24) is 10.1 Å². The number of rotatable bonds is 1. The number of nitrogens with zero attached hydrogens (tertiary/aromatic N) is 2. The number of aliphatic hydroxyl groups is 1. The summed E-state index contributed by atoms with van der Waals surface area (Å²) >= 11 is 0. The third-order valence-corrected chi connectivity index (χ3v) is 5.97. The first-order valence-electron chi connectivity index (χ1n) is 9.34. The Balaban J connectivity index is 0.000000240. The van der Waals surface area contributed by atoms with E-state index in [9.17, 15) is 15.5 Å². The highest BCUT2D eigenvalue weighted by atomic mass is 16.5. The van der Waals surface area contributed by atoms with Crippen molar-refractivity contribution >= 4 is 0 Å². The van der Waals surface area contributed by atoms with Gasteiger partial charge in [-0.3, -0.25) is 0 Å². The third kappa shape index (κ3) is 4.70.